The lowest BCUT2D eigenvalue weighted by atomic mass is 10.0. The molecule has 0 aliphatic rings. The van der Waals surface area contributed by atoms with Crippen LogP contribution in [0.2, 0.25) is 0 Å². The van der Waals surface area contributed by atoms with Gasteiger partial charge in [-0.05, 0) is 11.5 Å². The van der Waals surface area contributed by atoms with Crippen molar-refractivity contribution in [3.63, 3.8) is 0 Å². The molecular formula is C13H17N5OS. The number of amides is 1. The number of rotatable bonds is 6. The van der Waals surface area contributed by atoms with E-state index in [1.807, 2.05) is 18.2 Å². The highest BCUT2D eigenvalue weighted by molar-refractivity contribution is 7.99. The third-order valence-corrected chi connectivity index (χ3v) is 3.64. The summed E-state index contributed by atoms with van der Waals surface area (Å²) in [4.78, 5) is 15.6. The van der Waals surface area contributed by atoms with Crippen molar-refractivity contribution >= 4 is 23.6 Å². The second-order valence-electron chi connectivity index (χ2n) is 4.41. The molecule has 6 nitrogen and oxygen atoms in total. The first-order valence-corrected chi connectivity index (χ1v) is 7.26. The van der Waals surface area contributed by atoms with Gasteiger partial charge in [0, 0.05) is 6.54 Å². The number of aromatic nitrogens is 3. The number of hydrogen-bond donors (Lipinski definition) is 3. The Bertz CT molecular complexity index is 557. The Morgan fingerprint density at radius 2 is 2.20 bits per heavy atom. The van der Waals surface area contributed by atoms with E-state index in [1.165, 1.54) is 17.3 Å². The smallest absolute Gasteiger partial charge is 0.230 e. The van der Waals surface area contributed by atoms with E-state index < -0.39 is 0 Å². The first kappa shape index (κ1) is 14.4. The van der Waals surface area contributed by atoms with Crippen LogP contribution in [0.4, 0.5) is 5.95 Å². The third kappa shape index (κ3) is 4.27. The predicted octanol–water partition coefficient (Wildman–Crippen LogP) is 1.40. The number of anilines is 1. The van der Waals surface area contributed by atoms with Gasteiger partial charge in [0.25, 0.3) is 0 Å². The summed E-state index contributed by atoms with van der Waals surface area (Å²) in [6.07, 6.45) is 0. The van der Waals surface area contributed by atoms with E-state index >= 15 is 0 Å². The quantitative estimate of drug-likeness (QED) is 0.699. The number of benzene rings is 1. The standard InChI is InChI=1S/C13H17N5OS/c1-9(10-5-3-2-4-6-10)7-15-11(19)8-20-13-16-12(14)17-18-13/h2-6,9H,7-8H2,1H3,(H,15,19)(H3,14,16,17,18)/t9-/m0/s1. The number of carbonyl (C=O) groups excluding carboxylic acids is 1. The monoisotopic (exact) mass is 291 g/mol. The molecule has 0 unspecified atom stereocenters. The highest BCUT2D eigenvalue weighted by Crippen LogP contribution is 2.14. The zero-order valence-corrected chi connectivity index (χ0v) is 12.0. The molecule has 4 N–H and O–H groups in total. The normalized spacial score (nSPS) is 12.1. The third-order valence-electron chi connectivity index (χ3n) is 2.79. The van der Waals surface area contributed by atoms with Gasteiger partial charge in [-0.15, -0.1) is 5.10 Å². The highest BCUT2D eigenvalue weighted by Gasteiger charge is 2.09. The van der Waals surface area contributed by atoms with Crippen LogP contribution in [0.5, 0.6) is 0 Å². The summed E-state index contributed by atoms with van der Waals surface area (Å²) in [5.74, 6) is 0.773. The minimum Gasteiger partial charge on any atom is -0.368 e. The van der Waals surface area contributed by atoms with Crippen LogP contribution in [-0.2, 0) is 4.79 Å². The van der Waals surface area contributed by atoms with Crippen LogP contribution in [0.1, 0.15) is 18.4 Å². The van der Waals surface area contributed by atoms with Crippen LogP contribution in [-0.4, -0.2) is 33.4 Å². The lowest BCUT2D eigenvalue weighted by molar-refractivity contribution is -0.118. The van der Waals surface area contributed by atoms with Crippen molar-refractivity contribution in [2.45, 2.75) is 18.0 Å². The van der Waals surface area contributed by atoms with Crippen molar-refractivity contribution in [2.24, 2.45) is 0 Å². The SMILES string of the molecule is C[C@@H](CNC(=O)CSc1n[nH]c(N)n1)c1ccccc1. The number of nitrogen functional groups attached to an aromatic ring is 1. The summed E-state index contributed by atoms with van der Waals surface area (Å²) in [5.41, 5.74) is 6.62. The fraction of sp³-hybridized carbons (Fsp3) is 0.308. The zero-order chi connectivity index (χ0) is 14.4. The summed E-state index contributed by atoms with van der Waals surface area (Å²) in [6.45, 7) is 2.69. The maximum atomic E-state index is 11.7. The van der Waals surface area contributed by atoms with Crippen molar-refractivity contribution < 1.29 is 4.79 Å². The molecule has 0 saturated heterocycles. The van der Waals surface area contributed by atoms with Crippen molar-refractivity contribution in [3.05, 3.63) is 35.9 Å². The number of aromatic amines is 1. The van der Waals surface area contributed by atoms with E-state index in [2.05, 4.69) is 39.6 Å². The molecule has 1 aromatic carbocycles. The van der Waals surface area contributed by atoms with Gasteiger partial charge < -0.3 is 11.1 Å². The van der Waals surface area contributed by atoms with E-state index in [9.17, 15) is 4.79 Å². The molecule has 0 fully saturated rings. The summed E-state index contributed by atoms with van der Waals surface area (Å²) in [6, 6.07) is 10.1. The van der Waals surface area contributed by atoms with Crippen LogP contribution in [0, 0.1) is 0 Å². The van der Waals surface area contributed by atoms with Gasteiger partial charge in [0.1, 0.15) is 0 Å². The highest BCUT2D eigenvalue weighted by atomic mass is 32.2. The maximum Gasteiger partial charge on any atom is 0.230 e. The van der Waals surface area contributed by atoms with Crippen LogP contribution in [0.3, 0.4) is 0 Å². The first-order valence-electron chi connectivity index (χ1n) is 6.27. The van der Waals surface area contributed by atoms with Crippen LogP contribution < -0.4 is 11.1 Å². The molecule has 20 heavy (non-hydrogen) atoms. The Morgan fingerprint density at radius 3 is 2.85 bits per heavy atom. The van der Waals surface area contributed by atoms with E-state index in [4.69, 9.17) is 5.73 Å². The minimum absolute atomic E-state index is 0.0406. The molecule has 106 valence electrons. The Kier molecular flexibility index (Phi) is 5.00. The van der Waals surface area contributed by atoms with Crippen molar-refractivity contribution in [1.29, 1.82) is 0 Å². The van der Waals surface area contributed by atoms with Crippen LogP contribution in [0.15, 0.2) is 35.5 Å². The second kappa shape index (κ2) is 6.95. The van der Waals surface area contributed by atoms with Gasteiger partial charge in [-0.1, -0.05) is 49.0 Å². The molecule has 0 radical (unpaired) electrons. The summed E-state index contributed by atoms with van der Waals surface area (Å²) in [7, 11) is 0. The van der Waals surface area contributed by atoms with Gasteiger partial charge in [0.15, 0.2) is 0 Å². The lowest BCUT2D eigenvalue weighted by Gasteiger charge is -2.12. The van der Waals surface area contributed by atoms with Crippen LogP contribution in [0.25, 0.3) is 0 Å². The van der Waals surface area contributed by atoms with Gasteiger partial charge in [-0.25, -0.2) is 5.10 Å². The van der Waals surface area contributed by atoms with E-state index in [0.29, 0.717) is 11.7 Å². The molecule has 0 saturated carbocycles. The first-order chi connectivity index (χ1) is 9.65. The fourth-order valence-electron chi connectivity index (χ4n) is 1.67. The van der Waals surface area contributed by atoms with Gasteiger partial charge in [-0.3, -0.25) is 4.79 Å². The van der Waals surface area contributed by atoms with Gasteiger partial charge >= 0.3 is 0 Å². The number of nitrogens with two attached hydrogens (primary N) is 1. The van der Waals surface area contributed by atoms with Gasteiger partial charge in [0.05, 0.1) is 5.75 Å². The number of carbonyl (C=O) groups is 1. The number of thioether (sulfide) groups is 1. The van der Waals surface area contributed by atoms with E-state index in [1.54, 1.807) is 0 Å². The molecule has 2 rings (SSSR count). The lowest BCUT2D eigenvalue weighted by Crippen LogP contribution is -2.29. The maximum absolute atomic E-state index is 11.7. The van der Waals surface area contributed by atoms with Crippen molar-refractivity contribution in [1.82, 2.24) is 20.5 Å². The Hall–Kier alpha value is -2.02. The molecule has 0 aliphatic heterocycles. The average molecular weight is 291 g/mol. The largest absolute Gasteiger partial charge is 0.368 e. The molecule has 2 aromatic rings. The molecule has 0 aliphatic carbocycles. The van der Waals surface area contributed by atoms with Crippen molar-refractivity contribution in [2.75, 3.05) is 18.0 Å². The minimum atomic E-state index is -0.0406. The molecular weight excluding hydrogens is 274 g/mol. The number of nitrogens with zero attached hydrogens (tertiary/aromatic N) is 2. The number of H-pyrrole nitrogens is 1. The number of nitrogens with one attached hydrogen (secondary N) is 2. The molecule has 7 heteroatoms. The van der Waals surface area contributed by atoms with E-state index in [-0.39, 0.29) is 23.5 Å². The molecule has 1 aromatic heterocycles. The number of hydrogen-bond acceptors (Lipinski definition) is 5. The zero-order valence-electron chi connectivity index (χ0n) is 11.2. The average Bonchev–Trinajstić information content (AvgIpc) is 2.89. The molecule has 0 spiro atoms. The second-order valence-corrected chi connectivity index (χ2v) is 5.35. The predicted molar refractivity (Wildman–Crippen MR) is 79.4 cm³/mol. The molecule has 1 atom stereocenters. The van der Waals surface area contributed by atoms with Gasteiger partial charge in [-0.2, -0.15) is 4.98 Å². The van der Waals surface area contributed by atoms with E-state index in [0.717, 1.165) is 0 Å². The van der Waals surface area contributed by atoms with Gasteiger partial charge in [0.2, 0.25) is 17.0 Å². The Balaban J connectivity index is 1.72. The summed E-state index contributed by atoms with van der Waals surface area (Å²) in [5, 5.41) is 9.76. The molecule has 0 bridgehead atoms. The molecule has 1 amide bonds. The molecule has 1 heterocycles. The Labute approximate surface area is 121 Å². The topological polar surface area (TPSA) is 96.7 Å². The van der Waals surface area contributed by atoms with Crippen LogP contribution >= 0.6 is 11.8 Å². The fourth-order valence-corrected chi connectivity index (χ4v) is 2.31. The van der Waals surface area contributed by atoms with Crippen molar-refractivity contribution in [3.8, 4) is 0 Å². The summed E-state index contributed by atoms with van der Waals surface area (Å²) < 4.78 is 0. The Morgan fingerprint density at radius 1 is 1.45 bits per heavy atom. The summed E-state index contributed by atoms with van der Waals surface area (Å²) >= 11 is 1.25.